The largest absolute Gasteiger partial charge is 0.453 e. The molecule has 1 aromatic carbocycles. The van der Waals surface area contributed by atoms with Gasteiger partial charge in [-0.25, -0.2) is 4.79 Å². The molecular formula is C16H12N2O6. The minimum Gasteiger partial charge on any atom is -0.453 e. The van der Waals surface area contributed by atoms with Crippen LogP contribution in [0.1, 0.15) is 22.0 Å². The standard InChI is InChI=1S/C16H12N2O6/c1-10-8-12(17-24-10)9-22-16(19)15-7-6-14(23-15)11-2-4-13(5-3-11)18(20)21/h2-8H,9H2,1H3. The molecule has 0 N–H and O–H groups in total. The summed E-state index contributed by atoms with van der Waals surface area (Å²) in [7, 11) is 0. The molecule has 2 aromatic heterocycles. The zero-order chi connectivity index (χ0) is 17.1. The van der Waals surface area contributed by atoms with Crippen LogP contribution in [0.15, 0.2) is 51.4 Å². The van der Waals surface area contributed by atoms with Crippen molar-refractivity contribution in [2.24, 2.45) is 0 Å². The van der Waals surface area contributed by atoms with Crippen molar-refractivity contribution in [2.75, 3.05) is 0 Å². The van der Waals surface area contributed by atoms with E-state index >= 15 is 0 Å². The summed E-state index contributed by atoms with van der Waals surface area (Å²) in [5.74, 6) is 0.431. The molecule has 0 fully saturated rings. The van der Waals surface area contributed by atoms with E-state index in [2.05, 4.69) is 5.16 Å². The highest BCUT2D eigenvalue weighted by molar-refractivity contribution is 5.87. The highest BCUT2D eigenvalue weighted by atomic mass is 16.6. The summed E-state index contributed by atoms with van der Waals surface area (Å²) in [5.41, 5.74) is 1.10. The van der Waals surface area contributed by atoms with Crippen LogP contribution in [0.25, 0.3) is 11.3 Å². The topological polar surface area (TPSA) is 109 Å². The van der Waals surface area contributed by atoms with E-state index in [1.807, 2.05) is 0 Å². The van der Waals surface area contributed by atoms with Crippen LogP contribution in [0, 0.1) is 17.0 Å². The predicted octanol–water partition coefficient (Wildman–Crippen LogP) is 3.51. The Kier molecular flexibility index (Phi) is 4.11. The lowest BCUT2D eigenvalue weighted by molar-refractivity contribution is -0.384. The number of aromatic nitrogens is 1. The summed E-state index contributed by atoms with van der Waals surface area (Å²) in [6, 6.07) is 10.6. The fourth-order valence-corrected chi connectivity index (χ4v) is 2.05. The Hall–Kier alpha value is -3.42. The second-order valence-corrected chi connectivity index (χ2v) is 4.97. The molecule has 122 valence electrons. The monoisotopic (exact) mass is 328 g/mol. The Labute approximate surface area is 135 Å². The highest BCUT2D eigenvalue weighted by Gasteiger charge is 2.15. The van der Waals surface area contributed by atoms with Crippen molar-refractivity contribution in [3.8, 4) is 11.3 Å². The lowest BCUT2D eigenvalue weighted by Gasteiger charge is -2.00. The Morgan fingerprint density at radius 1 is 1.25 bits per heavy atom. The Bertz CT molecular complexity index is 878. The Balaban J connectivity index is 1.68. The first-order valence-electron chi connectivity index (χ1n) is 6.97. The van der Waals surface area contributed by atoms with Crippen LogP contribution in [0.3, 0.4) is 0 Å². The van der Waals surface area contributed by atoms with Crippen molar-refractivity contribution < 1.29 is 23.4 Å². The predicted molar refractivity (Wildman–Crippen MR) is 81.2 cm³/mol. The van der Waals surface area contributed by atoms with Gasteiger partial charge in [0.1, 0.15) is 23.8 Å². The van der Waals surface area contributed by atoms with Crippen molar-refractivity contribution in [3.05, 3.63) is 69.8 Å². The van der Waals surface area contributed by atoms with E-state index < -0.39 is 10.9 Å². The number of non-ortho nitro benzene ring substituents is 1. The number of esters is 1. The first kappa shape index (κ1) is 15.5. The van der Waals surface area contributed by atoms with E-state index in [1.54, 1.807) is 31.2 Å². The Morgan fingerprint density at radius 3 is 2.62 bits per heavy atom. The quantitative estimate of drug-likeness (QED) is 0.400. The number of furan rings is 1. The number of nitro groups is 1. The molecule has 8 nitrogen and oxygen atoms in total. The zero-order valence-corrected chi connectivity index (χ0v) is 12.6. The van der Waals surface area contributed by atoms with Crippen molar-refractivity contribution in [3.63, 3.8) is 0 Å². The van der Waals surface area contributed by atoms with Crippen LogP contribution in [0.4, 0.5) is 5.69 Å². The van der Waals surface area contributed by atoms with Gasteiger partial charge in [0.2, 0.25) is 5.76 Å². The summed E-state index contributed by atoms with van der Waals surface area (Å²) in [6.07, 6.45) is 0. The molecule has 0 bridgehead atoms. The molecule has 0 saturated heterocycles. The number of carbonyl (C=O) groups is 1. The number of hydrogen-bond donors (Lipinski definition) is 0. The van der Waals surface area contributed by atoms with Gasteiger partial charge in [0, 0.05) is 23.8 Å². The van der Waals surface area contributed by atoms with Gasteiger partial charge in [-0.3, -0.25) is 10.1 Å². The molecule has 0 aliphatic carbocycles. The average Bonchev–Trinajstić information content (AvgIpc) is 3.22. The van der Waals surface area contributed by atoms with E-state index in [0.29, 0.717) is 22.8 Å². The molecule has 24 heavy (non-hydrogen) atoms. The number of benzene rings is 1. The molecule has 0 spiro atoms. The Morgan fingerprint density at radius 2 is 2.00 bits per heavy atom. The van der Waals surface area contributed by atoms with Gasteiger partial charge in [0.05, 0.1) is 4.92 Å². The van der Waals surface area contributed by atoms with Gasteiger partial charge in [-0.05, 0) is 31.2 Å². The van der Waals surface area contributed by atoms with E-state index in [0.717, 1.165) is 0 Å². The summed E-state index contributed by atoms with van der Waals surface area (Å²) in [4.78, 5) is 22.1. The van der Waals surface area contributed by atoms with Gasteiger partial charge in [-0.15, -0.1) is 0 Å². The van der Waals surface area contributed by atoms with Gasteiger partial charge in [0.25, 0.3) is 5.69 Å². The summed E-state index contributed by atoms with van der Waals surface area (Å²) in [5, 5.41) is 14.4. The average molecular weight is 328 g/mol. The van der Waals surface area contributed by atoms with Crippen molar-refractivity contribution >= 4 is 11.7 Å². The second-order valence-electron chi connectivity index (χ2n) is 4.97. The van der Waals surface area contributed by atoms with Crippen LogP contribution in [-0.4, -0.2) is 16.0 Å². The van der Waals surface area contributed by atoms with E-state index in [9.17, 15) is 14.9 Å². The maximum Gasteiger partial charge on any atom is 0.374 e. The summed E-state index contributed by atoms with van der Waals surface area (Å²) < 4.78 is 15.4. The molecule has 3 rings (SSSR count). The maximum absolute atomic E-state index is 11.9. The zero-order valence-electron chi connectivity index (χ0n) is 12.6. The normalized spacial score (nSPS) is 10.5. The molecule has 0 radical (unpaired) electrons. The lowest BCUT2D eigenvalue weighted by atomic mass is 10.1. The number of nitrogens with zero attached hydrogens (tertiary/aromatic N) is 2. The van der Waals surface area contributed by atoms with Crippen LogP contribution in [0.5, 0.6) is 0 Å². The molecule has 0 aliphatic rings. The van der Waals surface area contributed by atoms with E-state index in [1.165, 1.54) is 18.2 Å². The van der Waals surface area contributed by atoms with Crippen LogP contribution >= 0.6 is 0 Å². The third-order valence-electron chi connectivity index (χ3n) is 3.20. The molecule has 3 aromatic rings. The number of nitro benzene ring substituents is 1. The lowest BCUT2D eigenvalue weighted by Crippen LogP contribution is -2.04. The van der Waals surface area contributed by atoms with E-state index in [-0.39, 0.29) is 18.1 Å². The van der Waals surface area contributed by atoms with Gasteiger partial charge in [-0.2, -0.15) is 0 Å². The molecule has 0 aliphatic heterocycles. The van der Waals surface area contributed by atoms with Crippen molar-refractivity contribution in [1.82, 2.24) is 5.16 Å². The van der Waals surface area contributed by atoms with Crippen molar-refractivity contribution in [2.45, 2.75) is 13.5 Å². The van der Waals surface area contributed by atoms with Gasteiger partial charge >= 0.3 is 5.97 Å². The summed E-state index contributed by atoms with van der Waals surface area (Å²) >= 11 is 0. The fourth-order valence-electron chi connectivity index (χ4n) is 2.05. The first-order chi connectivity index (χ1) is 11.5. The van der Waals surface area contributed by atoms with Crippen molar-refractivity contribution in [1.29, 1.82) is 0 Å². The molecule has 0 saturated carbocycles. The second kappa shape index (κ2) is 6.37. The smallest absolute Gasteiger partial charge is 0.374 e. The van der Waals surface area contributed by atoms with Crippen LogP contribution < -0.4 is 0 Å². The summed E-state index contributed by atoms with van der Waals surface area (Å²) in [6.45, 7) is 1.71. The molecule has 0 atom stereocenters. The third-order valence-corrected chi connectivity index (χ3v) is 3.20. The van der Waals surface area contributed by atoms with Crippen LogP contribution in [-0.2, 0) is 11.3 Å². The number of rotatable bonds is 5. The first-order valence-corrected chi connectivity index (χ1v) is 6.97. The molecule has 0 unspecified atom stereocenters. The number of aryl methyl sites for hydroxylation is 1. The van der Waals surface area contributed by atoms with Gasteiger partial charge < -0.3 is 13.7 Å². The number of hydrogen-bond acceptors (Lipinski definition) is 7. The van der Waals surface area contributed by atoms with E-state index in [4.69, 9.17) is 13.7 Å². The molecule has 8 heteroatoms. The minimum atomic E-state index is -0.635. The van der Waals surface area contributed by atoms with Gasteiger partial charge in [-0.1, -0.05) is 5.16 Å². The third kappa shape index (κ3) is 3.32. The minimum absolute atomic E-state index is 0.0205. The molecular weight excluding hydrogens is 316 g/mol. The fraction of sp³-hybridized carbons (Fsp3) is 0.125. The van der Waals surface area contributed by atoms with Crippen LogP contribution in [0.2, 0.25) is 0 Å². The maximum atomic E-state index is 11.9. The van der Waals surface area contributed by atoms with Gasteiger partial charge in [0.15, 0.2) is 0 Å². The number of ether oxygens (including phenoxy) is 1. The highest BCUT2D eigenvalue weighted by Crippen LogP contribution is 2.25. The molecule has 2 heterocycles. The molecule has 0 amide bonds. The number of carbonyl (C=O) groups excluding carboxylic acids is 1. The SMILES string of the molecule is Cc1cc(COC(=O)c2ccc(-c3ccc([N+](=O)[O-])cc3)o2)no1.